The number of carbonyl (C=O) groups is 2. The molecule has 4 rings (SSSR count). The maximum Gasteiger partial charge on any atom is 0.251 e. The summed E-state index contributed by atoms with van der Waals surface area (Å²) in [7, 11) is 1.85. The molecular formula is C29H39N3O3. The van der Waals surface area contributed by atoms with E-state index in [2.05, 4.69) is 24.1 Å². The van der Waals surface area contributed by atoms with Gasteiger partial charge in [0.25, 0.3) is 5.91 Å². The van der Waals surface area contributed by atoms with E-state index in [0.717, 1.165) is 31.2 Å². The summed E-state index contributed by atoms with van der Waals surface area (Å²) in [6.45, 7) is 6.96. The number of nitrogens with one attached hydrogen (secondary N) is 1. The predicted molar refractivity (Wildman–Crippen MR) is 136 cm³/mol. The van der Waals surface area contributed by atoms with E-state index in [1.165, 1.54) is 0 Å². The lowest BCUT2D eigenvalue weighted by atomic mass is 9.51. The van der Waals surface area contributed by atoms with Crippen LogP contribution in [-0.2, 0) is 11.3 Å². The molecule has 6 heteroatoms. The van der Waals surface area contributed by atoms with Crippen molar-refractivity contribution in [1.82, 2.24) is 15.2 Å². The molecule has 1 unspecified atom stereocenters. The van der Waals surface area contributed by atoms with E-state index < -0.39 is 6.10 Å². The van der Waals surface area contributed by atoms with Crippen LogP contribution in [0.2, 0.25) is 0 Å². The molecule has 1 aromatic heterocycles. The molecule has 1 aromatic carbocycles. The predicted octanol–water partition coefficient (Wildman–Crippen LogP) is 4.30. The van der Waals surface area contributed by atoms with Crippen LogP contribution in [0.5, 0.6) is 0 Å². The number of pyridine rings is 1. The number of benzene rings is 1. The van der Waals surface area contributed by atoms with Crippen LogP contribution < -0.4 is 5.32 Å². The molecule has 1 heterocycles. The van der Waals surface area contributed by atoms with E-state index in [-0.39, 0.29) is 46.9 Å². The molecule has 35 heavy (non-hydrogen) atoms. The van der Waals surface area contributed by atoms with Gasteiger partial charge in [-0.1, -0.05) is 51.1 Å². The number of hydrogen-bond acceptors (Lipinski definition) is 4. The summed E-state index contributed by atoms with van der Waals surface area (Å²) >= 11 is 0. The Hall–Kier alpha value is -2.73. The van der Waals surface area contributed by atoms with Crippen molar-refractivity contribution < 1.29 is 14.7 Å². The molecule has 2 saturated carbocycles. The van der Waals surface area contributed by atoms with Crippen molar-refractivity contribution in [2.24, 2.45) is 29.1 Å². The maximum absolute atomic E-state index is 13.3. The first kappa shape index (κ1) is 25.4. The van der Waals surface area contributed by atoms with Crippen molar-refractivity contribution in [2.75, 3.05) is 7.05 Å². The zero-order valence-corrected chi connectivity index (χ0v) is 21.4. The van der Waals surface area contributed by atoms with Gasteiger partial charge in [0.15, 0.2) is 0 Å². The first-order valence-electron chi connectivity index (χ1n) is 12.9. The minimum atomic E-state index is -0.576. The van der Waals surface area contributed by atoms with E-state index in [1.54, 1.807) is 29.4 Å². The minimum absolute atomic E-state index is 0.00565. The SMILES string of the molecule is C[C@H]1[C@@H]2[C@@H](O)C([C@H](C)C(=O)N(C)Cc3ccccc3)CC[C@@]2(C)CC[C@@H]1NC(=O)c1ccncc1. The Balaban J connectivity index is 1.45. The zero-order valence-electron chi connectivity index (χ0n) is 21.4. The van der Waals surface area contributed by atoms with Gasteiger partial charge in [0.2, 0.25) is 5.91 Å². The second-order valence-corrected chi connectivity index (χ2v) is 11.1. The van der Waals surface area contributed by atoms with Gasteiger partial charge in [-0.3, -0.25) is 14.6 Å². The first-order chi connectivity index (χ1) is 16.7. The normalized spacial score (nSPS) is 31.2. The summed E-state index contributed by atoms with van der Waals surface area (Å²) in [6, 6.07) is 13.4. The molecule has 2 aliphatic rings. The van der Waals surface area contributed by atoms with Crippen molar-refractivity contribution in [3.05, 3.63) is 66.0 Å². The molecule has 2 aliphatic carbocycles. The van der Waals surface area contributed by atoms with Gasteiger partial charge in [-0.05, 0) is 66.5 Å². The summed E-state index contributed by atoms with van der Waals surface area (Å²) in [6.07, 6.45) is 6.38. The highest BCUT2D eigenvalue weighted by atomic mass is 16.3. The number of amides is 2. The largest absolute Gasteiger partial charge is 0.392 e. The Kier molecular flexibility index (Phi) is 7.60. The van der Waals surface area contributed by atoms with Crippen molar-refractivity contribution >= 4 is 11.8 Å². The van der Waals surface area contributed by atoms with Gasteiger partial charge in [-0.2, -0.15) is 0 Å². The van der Waals surface area contributed by atoms with Crippen LogP contribution in [0.15, 0.2) is 54.9 Å². The van der Waals surface area contributed by atoms with E-state index in [0.29, 0.717) is 12.1 Å². The van der Waals surface area contributed by atoms with Crippen molar-refractivity contribution in [1.29, 1.82) is 0 Å². The van der Waals surface area contributed by atoms with Crippen LogP contribution in [0.4, 0.5) is 0 Å². The van der Waals surface area contributed by atoms with Gasteiger partial charge < -0.3 is 15.3 Å². The molecule has 6 nitrogen and oxygen atoms in total. The summed E-state index contributed by atoms with van der Waals surface area (Å²) < 4.78 is 0. The third kappa shape index (κ3) is 5.27. The number of carbonyl (C=O) groups excluding carboxylic acids is 2. The standard InChI is InChI=1S/C29H39N3O3/c1-19(28(35)32(4)18-21-8-6-5-7-9-21)23-10-14-29(3)15-11-24(20(2)25(29)26(23)33)31-27(34)22-12-16-30-17-13-22/h5-9,12-13,16-17,19-20,23-26,33H,10-11,14-15,18H2,1-4H3,(H,31,34)/t19-,20+,23?,24-,25+,26-,29-/m0/s1. The van der Waals surface area contributed by atoms with Crippen molar-refractivity contribution in [3.63, 3.8) is 0 Å². The van der Waals surface area contributed by atoms with Crippen LogP contribution >= 0.6 is 0 Å². The molecule has 0 aliphatic heterocycles. The van der Waals surface area contributed by atoms with Crippen LogP contribution in [0.25, 0.3) is 0 Å². The average Bonchev–Trinajstić information content (AvgIpc) is 2.86. The molecule has 7 atom stereocenters. The molecule has 2 N–H and O–H groups in total. The number of fused-ring (bicyclic) bond motifs is 1. The fourth-order valence-corrected chi connectivity index (χ4v) is 6.72. The lowest BCUT2D eigenvalue weighted by Crippen LogP contribution is -2.58. The lowest BCUT2D eigenvalue weighted by Gasteiger charge is -2.56. The highest BCUT2D eigenvalue weighted by Gasteiger charge is 2.54. The van der Waals surface area contributed by atoms with Gasteiger partial charge in [0.05, 0.1) is 6.10 Å². The minimum Gasteiger partial charge on any atom is -0.392 e. The van der Waals surface area contributed by atoms with Crippen LogP contribution in [0.1, 0.15) is 62.4 Å². The summed E-state index contributed by atoms with van der Waals surface area (Å²) in [5.41, 5.74) is 1.72. The Bertz CT molecular complexity index is 1010. The quantitative estimate of drug-likeness (QED) is 0.650. The molecule has 2 amide bonds. The Morgan fingerprint density at radius 1 is 1.14 bits per heavy atom. The number of aliphatic hydroxyl groups is 1. The zero-order chi connectivity index (χ0) is 25.2. The molecule has 2 fully saturated rings. The highest BCUT2D eigenvalue weighted by Crippen LogP contribution is 2.55. The smallest absolute Gasteiger partial charge is 0.251 e. The van der Waals surface area contributed by atoms with E-state index in [4.69, 9.17) is 0 Å². The number of hydrogen-bond donors (Lipinski definition) is 2. The van der Waals surface area contributed by atoms with E-state index >= 15 is 0 Å². The van der Waals surface area contributed by atoms with Crippen LogP contribution in [-0.4, -0.2) is 46.0 Å². The summed E-state index contributed by atoms with van der Waals surface area (Å²) in [5, 5.41) is 14.9. The lowest BCUT2D eigenvalue weighted by molar-refractivity contribution is -0.149. The van der Waals surface area contributed by atoms with Gasteiger partial charge in [-0.25, -0.2) is 0 Å². The maximum atomic E-state index is 13.3. The molecule has 0 bridgehead atoms. The monoisotopic (exact) mass is 477 g/mol. The molecule has 0 spiro atoms. The topological polar surface area (TPSA) is 82.5 Å². The highest BCUT2D eigenvalue weighted by molar-refractivity contribution is 5.94. The van der Waals surface area contributed by atoms with E-state index in [9.17, 15) is 14.7 Å². The summed E-state index contributed by atoms with van der Waals surface area (Å²) in [5.74, 6) is -0.222. The Labute approximate surface area is 209 Å². The first-order valence-corrected chi connectivity index (χ1v) is 12.9. The average molecular weight is 478 g/mol. The van der Waals surface area contributed by atoms with Gasteiger partial charge in [0, 0.05) is 43.5 Å². The third-order valence-electron chi connectivity index (χ3n) is 8.82. The fourth-order valence-electron chi connectivity index (χ4n) is 6.72. The van der Waals surface area contributed by atoms with Crippen LogP contribution in [0, 0.1) is 29.1 Å². The summed E-state index contributed by atoms with van der Waals surface area (Å²) in [4.78, 5) is 31.9. The van der Waals surface area contributed by atoms with Crippen LogP contribution in [0.3, 0.4) is 0 Å². The van der Waals surface area contributed by atoms with Gasteiger partial charge in [-0.15, -0.1) is 0 Å². The number of nitrogens with zero attached hydrogens (tertiary/aromatic N) is 2. The van der Waals surface area contributed by atoms with Crippen molar-refractivity contribution in [3.8, 4) is 0 Å². The van der Waals surface area contributed by atoms with Gasteiger partial charge in [0.1, 0.15) is 0 Å². The number of aromatic nitrogens is 1. The molecule has 0 radical (unpaired) electrons. The third-order valence-corrected chi connectivity index (χ3v) is 8.82. The number of rotatable bonds is 6. The molecular weight excluding hydrogens is 438 g/mol. The number of aliphatic hydroxyl groups excluding tert-OH is 1. The van der Waals surface area contributed by atoms with Gasteiger partial charge >= 0.3 is 0 Å². The second kappa shape index (κ2) is 10.5. The molecule has 2 aromatic rings. The second-order valence-electron chi connectivity index (χ2n) is 11.1. The fraction of sp³-hybridized carbons (Fsp3) is 0.552. The van der Waals surface area contributed by atoms with Crippen molar-refractivity contribution in [2.45, 2.75) is 65.1 Å². The molecule has 188 valence electrons. The Morgan fingerprint density at radius 2 is 1.80 bits per heavy atom. The molecule has 0 saturated heterocycles. The Morgan fingerprint density at radius 3 is 2.49 bits per heavy atom. The van der Waals surface area contributed by atoms with E-state index in [1.807, 2.05) is 44.3 Å².